The van der Waals surface area contributed by atoms with E-state index in [1.54, 1.807) is 0 Å². The second-order valence-corrected chi connectivity index (χ2v) is 33.4. The van der Waals surface area contributed by atoms with Gasteiger partial charge in [-0.1, -0.05) is 60.1 Å². The minimum atomic E-state index is -1.98. The van der Waals surface area contributed by atoms with E-state index in [0.717, 1.165) is 12.8 Å². The van der Waals surface area contributed by atoms with Crippen LogP contribution in [0.4, 0.5) is 0 Å². The average molecular weight is 1490 g/mol. The van der Waals surface area contributed by atoms with Crippen molar-refractivity contribution in [3.05, 3.63) is 11.6 Å². The molecule has 0 amide bonds. The Morgan fingerprint density at radius 1 is 0.466 bits per heavy atom. The van der Waals surface area contributed by atoms with Crippen molar-refractivity contribution >= 4 is 5.97 Å². The van der Waals surface area contributed by atoms with Crippen LogP contribution in [0.25, 0.3) is 0 Å². The van der Waals surface area contributed by atoms with Crippen molar-refractivity contribution in [1.29, 1.82) is 0 Å². The summed E-state index contributed by atoms with van der Waals surface area (Å²) in [7, 11) is 0. The summed E-state index contributed by atoms with van der Waals surface area (Å²) in [6.45, 7) is 13.5. The van der Waals surface area contributed by atoms with Gasteiger partial charge in [0.25, 0.3) is 0 Å². The molecule has 0 aromatic rings. The van der Waals surface area contributed by atoms with E-state index in [2.05, 4.69) is 54.5 Å². The Bertz CT molecular complexity index is 2910. The van der Waals surface area contributed by atoms with Crippen LogP contribution in [0.15, 0.2) is 11.6 Å². The van der Waals surface area contributed by atoms with E-state index >= 15 is 4.79 Å². The highest BCUT2D eigenvalue weighted by molar-refractivity contribution is 5.79. The van der Waals surface area contributed by atoms with Crippen LogP contribution in [-0.4, -0.2) is 345 Å². The van der Waals surface area contributed by atoms with Crippen molar-refractivity contribution in [1.82, 2.24) is 0 Å². The van der Waals surface area contributed by atoms with Crippen molar-refractivity contribution in [3.63, 3.8) is 0 Å². The van der Waals surface area contributed by atoms with E-state index in [1.165, 1.54) is 12.5 Å². The van der Waals surface area contributed by atoms with E-state index in [0.29, 0.717) is 51.4 Å². The number of aliphatic hydroxyl groups is 19. The Labute approximate surface area is 596 Å². The van der Waals surface area contributed by atoms with Gasteiger partial charge in [0.1, 0.15) is 146 Å². The van der Waals surface area contributed by atoms with Crippen LogP contribution >= 0.6 is 0 Å². The maximum atomic E-state index is 15.3. The highest BCUT2D eigenvalue weighted by Gasteiger charge is 2.71. The zero-order chi connectivity index (χ0) is 74.9. The summed E-state index contributed by atoms with van der Waals surface area (Å²) < 4.78 is 84.5. The first-order valence-corrected chi connectivity index (χ1v) is 36.4. The summed E-state index contributed by atoms with van der Waals surface area (Å²) in [5.74, 6) is -0.838. The number of ether oxygens (including phenoxy) is 14. The number of hydrogen-bond donors (Lipinski definition) is 19. The van der Waals surface area contributed by atoms with Crippen molar-refractivity contribution in [2.24, 2.45) is 50.2 Å². The smallest absolute Gasteiger partial charge is 0.315 e. The van der Waals surface area contributed by atoms with Gasteiger partial charge < -0.3 is 163 Å². The second-order valence-electron chi connectivity index (χ2n) is 33.4. The maximum absolute atomic E-state index is 15.3. The van der Waals surface area contributed by atoms with Gasteiger partial charge in [-0.15, -0.1) is 0 Å². The van der Waals surface area contributed by atoms with Crippen LogP contribution < -0.4 is 0 Å². The number of hydrogen-bond acceptors (Lipinski definition) is 34. The lowest BCUT2D eigenvalue weighted by molar-refractivity contribution is -0.394. The molecule has 11 fully saturated rings. The molecule has 0 aromatic carbocycles. The molecule has 34 heteroatoms. The molecular formula is C69H112O34. The van der Waals surface area contributed by atoms with E-state index in [4.69, 9.17) is 66.3 Å². The molecule has 7 saturated heterocycles. The predicted octanol–water partition coefficient (Wildman–Crippen LogP) is -5.62. The quantitative estimate of drug-likeness (QED) is 0.0367. The summed E-state index contributed by atoms with van der Waals surface area (Å²) in [5.41, 5.74) is -1.87. The van der Waals surface area contributed by atoms with Crippen LogP contribution in [0.5, 0.6) is 0 Å². The molecular weight excluding hydrogens is 1370 g/mol. The zero-order valence-electron chi connectivity index (χ0n) is 59.3. The molecule has 12 rings (SSSR count). The van der Waals surface area contributed by atoms with Crippen LogP contribution in [-0.2, 0) is 71.1 Å². The third kappa shape index (κ3) is 14.3. The number of fused-ring (bicyclic) bond motifs is 7. The number of aliphatic hydroxyl groups excluding tert-OH is 19. The molecule has 19 N–H and O–H groups in total. The lowest BCUT2D eigenvalue weighted by Gasteiger charge is -2.71. The highest BCUT2D eigenvalue weighted by atomic mass is 16.8. The molecule has 4 saturated carbocycles. The third-order valence-corrected chi connectivity index (χ3v) is 26.5. The van der Waals surface area contributed by atoms with Gasteiger partial charge in [0.15, 0.2) is 37.7 Å². The van der Waals surface area contributed by atoms with Crippen LogP contribution in [0.1, 0.15) is 120 Å². The average Bonchev–Trinajstić information content (AvgIpc) is 0.675. The summed E-state index contributed by atoms with van der Waals surface area (Å²) in [6.07, 6.45) is -45.9. The predicted molar refractivity (Wildman–Crippen MR) is 341 cm³/mol. The van der Waals surface area contributed by atoms with Gasteiger partial charge in [-0.2, -0.15) is 0 Å². The first-order valence-electron chi connectivity index (χ1n) is 36.4. The van der Waals surface area contributed by atoms with E-state index in [9.17, 15) is 97.0 Å². The van der Waals surface area contributed by atoms with Crippen molar-refractivity contribution < 1.29 is 168 Å². The number of rotatable bonds is 17. The maximum Gasteiger partial charge on any atom is 0.315 e. The van der Waals surface area contributed by atoms with Crippen molar-refractivity contribution in [3.8, 4) is 0 Å². The standard InChI is InChI=1S/C69H112O34/c1-26-38(74)54(101-57-47(83)39(75)29(72)22-90-57)52(88)61(94-26)102-55-53(100-58-48(84)43(79)34(25-93-58)97-59-50(86)45(81)41(77)32(21-71)96-59)30(73)23-91-62(55)99-37-12-13-66(6)35(65(37,4)5)11-14-68(8)36(66)10-9-27-28-19-64(2,3)15-17-69(28,18-16-67(27,68)7)63(89)103-60-51(87)46(82)42(78)33(98-60)24-92-56-49(85)44(80)40(76)31(20-70)95-56/h9,26,28-62,70-88H,10-25H2,1-8H3/t26-,28?,29+,30-,31+,32+,33+,34+,35?,36?,37-,38-,39-,40+,41+,42+,43-,44-,45-,46-,47+,48+,49+,50+,51+,52+,53-,54+,55+,56+,57-,58-,59-,60-,61-,62-,66-,67+,68+,69-/m0/s1. The largest absolute Gasteiger partial charge is 0.432 e. The lowest BCUT2D eigenvalue weighted by Crippen LogP contribution is -2.67. The molecule has 5 aliphatic carbocycles. The highest BCUT2D eigenvalue weighted by Crippen LogP contribution is 2.76. The van der Waals surface area contributed by atoms with Crippen LogP contribution in [0, 0.1) is 50.2 Å². The van der Waals surface area contributed by atoms with Crippen LogP contribution in [0.3, 0.4) is 0 Å². The molecule has 7 aliphatic heterocycles. The first-order chi connectivity index (χ1) is 48.4. The zero-order valence-corrected chi connectivity index (χ0v) is 59.3. The summed E-state index contributed by atoms with van der Waals surface area (Å²) in [6, 6.07) is 0. The third-order valence-electron chi connectivity index (χ3n) is 26.5. The molecule has 7 heterocycles. The van der Waals surface area contributed by atoms with Gasteiger partial charge in [0.2, 0.25) is 6.29 Å². The Morgan fingerprint density at radius 3 is 1.66 bits per heavy atom. The summed E-state index contributed by atoms with van der Waals surface area (Å²) in [5, 5.41) is 206. The Hall–Kier alpha value is -2.07. The Balaban J connectivity index is 0.774. The SMILES string of the molecule is C[C@@H]1O[C@@H](O[C@H]2[C@H](O[C@H]3CC[C@@]4(C)C(CC[C@]5(C)C4CC=C4C6CC(C)(C)CC[C@]6(C(=O)O[C@@H]6O[C@H](CO[C@@H]7O[C@H](CO)[C@@H](O)[C@H](O)[C@H]7O)[C@@H](O)[C@H](O)[C@H]6O)CC[C@]45C)C3(C)C)OC[C@H](O)[C@@H]2O[C@@H]2OC[C@@H](O[C@@H]3O[C@H](CO)[C@@H](O)[C@H](O)[C@H]3O)[C@H](O)[C@H]2O)[C@H](O)[C@H](O[C@@H]2OC[C@@H](O)[C@H](O)[C@H]2O)[C@H]1O. The molecule has 0 radical (unpaired) electrons. The minimum Gasteiger partial charge on any atom is -0.432 e. The molecule has 0 aromatic heterocycles. The molecule has 40 atom stereocenters. The fraction of sp³-hybridized carbons (Fsp3) is 0.957. The number of carbonyl (C=O) groups excluding carboxylic acids is 1. The number of esters is 1. The first kappa shape index (κ1) is 80.4. The molecule has 0 spiro atoms. The second kappa shape index (κ2) is 30.5. The fourth-order valence-corrected chi connectivity index (χ4v) is 19.9. The topological polar surface area (TPSA) is 531 Å². The minimum absolute atomic E-state index is 0.00406. The van der Waals surface area contributed by atoms with Gasteiger partial charge in [-0.3, -0.25) is 4.79 Å². The Morgan fingerprint density at radius 2 is 1.00 bits per heavy atom. The number of carbonyl (C=O) groups is 1. The molecule has 103 heavy (non-hydrogen) atoms. The Kier molecular flexibility index (Phi) is 23.9. The molecule has 12 aliphatic rings. The summed E-state index contributed by atoms with van der Waals surface area (Å²) >= 11 is 0. The molecule has 0 bridgehead atoms. The summed E-state index contributed by atoms with van der Waals surface area (Å²) in [4.78, 5) is 15.3. The monoisotopic (exact) mass is 1480 g/mol. The molecule has 3 unspecified atom stereocenters. The van der Waals surface area contributed by atoms with Gasteiger partial charge in [0.05, 0.1) is 57.3 Å². The van der Waals surface area contributed by atoms with Gasteiger partial charge in [-0.05, 0) is 116 Å². The normalized spacial score (nSPS) is 54.3. The van der Waals surface area contributed by atoms with E-state index in [1.807, 2.05) is 0 Å². The van der Waals surface area contributed by atoms with Gasteiger partial charge >= 0.3 is 5.97 Å². The lowest BCUT2D eigenvalue weighted by atomic mass is 9.33. The van der Waals surface area contributed by atoms with E-state index < -0.39 is 265 Å². The number of allylic oxidation sites excluding steroid dienone is 2. The van der Waals surface area contributed by atoms with Crippen molar-refractivity contribution in [2.75, 3.05) is 39.6 Å². The van der Waals surface area contributed by atoms with E-state index in [-0.39, 0.29) is 34.0 Å². The molecule has 34 nitrogen and oxygen atoms in total. The molecule has 592 valence electrons. The van der Waals surface area contributed by atoms with Gasteiger partial charge in [0, 0.05) is 0 Å². The fourth-order valence-electron chi connectivity index (χ4n) is 19.9. The van der Waals surface area contributed by atoms with Gasteiger partial charge in [-0.25, -0.2) is 0 Å². The van der Waals surface area contributed by atoms with Crippen molar-refractivity contribution in [2.45, 2.75) is 322 Å². The van der Waals surface area contributed by atoms with Crippen LogP contribution in [0.2, 0.25) is 0 Å².